The third-order valence-corrected chi connectivity index (χ3v) is 10.1. The predicted molar refractivity (Wildman–Crippen MR) is 97.6 cm³/mol. The van der Waals surface area contributed by atoms with Gasteiger partial charge in [-0.3, -0.25) is 4.79 Å². The van der Waals surface area contributed by atoms with Gasteiger partial charge in [-0.15, -0.1) is 0 Å². The SMILES string of the molecule is C[C@]12CCCC[C@@H]1CC[C@@H]1[C@@H]2CC[C@]2(C)C(=O)C(C3CCC3)C[C@@H]12. The van der Waals surface area contributed by atoms with E-state index >= 15 is 0 Å². The minimum absolute atomic E-state index is 0.0548. The van der Waals surface area contributed by atoms with E-state index in [9.17, 15) is 4.79 Å². The first-order valence-corrected chi connectivity index (χ1v) is 11.1. The summed E-state index contributed by atoms with van der Waals surface area (Å²) in [5, 5.41) is 0. The molecule has 5 rings (SSSR count). The Morgan fingerprint density at radius 2 is 1.67 bits per heavy atom. The Balaban J connectivity index is 1.44. The average molecular weight is 329 g/mol. The van der Waals surface area contributed by atoms with Crippen LogP contribution in [0.25, 0.3) is 0 Å². The number of fused-ring (bicyclic) bond motifs is 5. The number of carbonyl (C=O) groups is 1. The van der Waals surface area contributed by atoms with Crippen LogP contribution in [0.15, 0.2) is 0 Å². The van der Waals surface area contributed by atoms with Crippen molar-refractivity contribution in [1.29, 1.82) is 0 Å². The van der Waals surface area contributed by atoms with Crippen LogP contribution in [0.4, 0.5) is 0 Å². The summed E-state index contributed by atoms with van der Waals surface area (Å²) in [7, 11) is 0. The summed E-state index contributed by atoms with van der Waals surface area (Å²) in [5.41, 5.74) is 0.666. The van der Waals surface area contributed by atoms with Gasteiger partial charge >= 0.3 is 0 Å². The van der Waals surface area contributed by atoms with E-state index in [1.807, 2.05) is 0 Å². The van der Waals surface area contributed by atoms with Gasteiger partial charge in [-0.1, -0.05) is 33.1 Å². The summed E-state index contributed by atoms with van der Waals surface area (Å²) in [6, 6.07) is 0. The zero-order valence-corrected chi connectivity index (χ0v) is 15.9. The molecular formula is C23H36O. The lowest BCUT2D eigenvalue weighted by Gasteiger charge is -2.59. The molecule has 7 atom stereocenters. The fourth-order valence-electron chi connectivity index (χ4n) is 8.41. The molecule has 5 aliphatic carbocycles. The number of ketones is 1. The van der Waals surface area contributed by atoms with Crippen molar-refractivity contribution in [3.63, 3.8) is 0 Å². The predicted octanol–water partition coefficient (Wildman–Crippen LogP) is 6.01. The average Bonchev–Trinajstić information content (AvgIpc) is 2.78. The highest BCUT2D eigenvalue weighted by atomic mass is 16.1. The van der Waals surface area contributed by atoms with Crippen LogP contribution >= 0.6 is 0 Å². The highest BCUT2D eigenvalue weighted by molar-refractivity contribution is 5.89. The van der Waals surface area contributed by atoms with E-state index in [2.05, 4.69) is 13.8 Å². The Hall–Kier alpha value is -0.330. The van der Waals surface area contributed by atoms with E-state index in [1.165, 1.54) is 77.0 Å². The van der Waals surface area contributed by atoms with E-state index in [1.54, 1.807) is 0 Å². The Morgan fingerprint density at radius 3 is 2.42 bits per heavy atom. The van der Waals surface area contributed by atoms with Gasteiger partial charge in [0.05, 0.1) is 0 Å². The second-order valence-corrected chi connectivity index (χ2v) is 10.8. The molecule has 5 saturated carbocycles. The van der Waals surface area contributed by atoms with E-state index < -0.39 is 0 Å². The van der Waals surface area contributed by atoms with Crippen LogP contribution in [-0.2, 0) is 4.79 Å². The van der Waals surface area contributed by atoms with Gasteiger partial charge in [-0.25, -0.2) is 0 Å². The standard InChI is InChI=1S/C23H36O/c1-22-12-4-3-8-16(22)9-10-17-19(22)11-13-23(2)20(17)14-18(21(23)24)15-6-5-7-15/h15-20H,3-14H2,1-2H3/t16-,17-,18?,19+,20+,22+,23+/m1/s1. The van der Waals surface area contributed by atoms with E-state index in [0.717, 1.165) is 29.6 Å². The summed E-state index contributed by atoms with van der Waals surface area (Å²) < 4.78 is 0. The van der Waals surface area contributed by atoms with Gasteiger partial charge < -0.3 is 0 Å². The minimum atomic E-state index is 0.0548. The molecule has 5 aliphatic rings. The molecular weight excluding hydrogens is 292 g/mol. The fraction of sp³-hybridized carbons (Fsp3) is 0.957. The molecule has 134 valence electrons. The lowest BCUT2D eigenvalue weighted by atomic mass is 9.45. The molecule has 0 aromatic rings. The molecule has 0 saturated heterocycles. The Labute approximate surface area is 148 Å². The molecule has 1 heteroatoms. The first kappa shape index (κ1) is 15.9. The van der Waals surface area contributed by atoms with Crippen molar-refractivity contribution in [2.45, 2.75) is 90.9 Å². The molecule has 0 amide bonds. The van der Waals surface area contributed by atoms with Crippen molar-refractivity contribution >= 4 is 5.78 Å². The van der Waals surface area contributed by atoms with E-state index in [-0.39, 0.29) is 5.41 Å². The van der Waals surface area contributed by atoms with Gasteiger partial charge in [0.25, 0.3) is 0 Å². The maximum absolute atomic E-state index is 13.3. The number of carbonyl (C=O) groups excluding carboxylic acids is 1. The molecule has 0 spiro atoms. The minimum Gasteiger partial charge on any atom is -0.299 e. The largest absolute Gasteiger partial charge is 0.299 e. The van der Waals surface area contributed by atoms with Gasteiger partial charge in [0.2, 0.25) is 0 Å². The molecule has 5 fully saturated rings. The smallest absolute Gasteiger partial charge is 0.142 e. The summed E-state index contributed by atoms with van der Waals surface area (Å²) in [6.45, 7) is 5.03. The molecule has 0 aromatic heterocycles. The third-order valence-electron chi connectivity index (χ3n) is 10.1. The van der Waals surface area contributed by atoms with Crippen LogP contribution < -0.4 is 0 Å². The quantitative estimate of drug-likeness (QED) is 0.575. The number of Topliss-reactive ketones (excluding diaryl/α,β-unsaturated/α-hetero) is 1. The Morgan fingerprint density at radius 1 is 0.833 bits per heavy atom. The normalized spacial score (nSPS) is 54.6. The van der Waals surface area contributed by atoms with Crippen LogP contribution in [0.2, 0.25) is 0 Å². The van der Waals surface area contributed by atoms with Crippen LogP contribution in [-0.4, -0.2) is 5.78 Å². The molecule has 0 heterocycles. The lowest BCUT2D eigenvalue weighted by Crippen LogP contribution is -2.52. The zero-order valence-electron chi connectivity index (χ0n) is 15.9. The molecule has 1 nitrogen and oxygen atoms in total. The van der Waals surface area contributed by atoms with E-state index in [0.29, 0.717) is 17.1 Å². The number of rotatable bonds is 1. The molecule has 0 N–H and O–H groups in total. The molecule has 0 aliphatic heterocycles. The van der Waals surface area contributed by atoms with Crippen molar-refractivity contribution in [3.05, 3.63) is 0 Å². The first-order valence-electron chi connectivity index (χ1n) is 11.1. The lowest BCUT2D eigenvalue weighted by molar-refractivity contribution is -0.141. The number of hydrogen-bond acceptors (Lipinski definition) is 1. The second kappa shape index (κ2) is 5.34. The van der Waals surface area contributed by atoms with Gasteiger partial charge in [-0.2, -0.15) is 0 Å². The van der Waals surface area contributed by atoms with Crippen LogP contribution in [0.1, 0.15) is 90.9 Å². The highest BCUT2D eigenvalue weighted by Crippen LogP contribution is 2.67. The van der Waals surface area contributed by atoms with Crippen molar-refractivity contribution in [2.24, 2.45) is 46.3 Å². The molecule has 1 unspecified atom stereocenters. The number of hydrogen-bond donors (Lipinski definition) is 0. The van der Waals surface area contributed by atoms with Crippen molar-refractivity contribution < 1.29 is 4.79 Å². The Bertz CT molecular complexity index is 534. The highest BCUT2D eigenvalue weighted by Gasteiger charge is 2.62. The van der Waals surface area contributed by atoms with Crippen LogP contribution in [0, 0.1) is 46.3 Å². The van der Waals surface area contributed by atoms with Crippen molar-refractivity contribution in [2.75, 3.05) is 0 Å². The molecule has 24 heavy (non-hydrogen) atoms. The summed E-state index contributed by atoms with van der Waals surface area (Å²) in [4.78, 5) is 13.3. The second-order valence-electron chi connectivity index (χ2n) is 10.8. The van der Waals surface area contributed by atoms with Crippen LogP contribution in [0.5, 0.6) is 0 Å². The summed E-state index contributed by atoms with van der Waals surface area (Å²) in [5.74, 6) is 5.45. The van der Waals surface area contributed by atoms with Gasteiger partial charge in [0.15, 0.2) is 0 Å². The summed E-state index contributed by atoms with van der Waals surface area (Å²) in [6.07, 6.45) is 16.7. The molecule has 0 bridgehead atoms. The molecule has 0 aromatic carbocycles. The zero-order chi connectivity index (χ0) is 16.5. The fourth-order valence-corrected chi connectivity index (χ4v) is 8.41. The topological polar surface area (TPSA) is 17.1 Å². The maximum Gasteiger partial charge on any atom is 0.142 e. The van der Waals surface area contributed by atoms with Gasteiger partial charge in [0, 0.05) is 11.3 Å². The van der Waals surface area contributed by atoms with Crippen molar-refractivity contribution in [1.82, 2.24) is 0 Å². The van der Waals surface area contributed by atoms with Gasteiger partial charge in [0.1, 0.15) is 5.78 Å². The van der Waals surface area contributed by atoms with Gasteiger partial charge in [-0.05, 0) is 92.8 Å². The first-order chi connectivity index (χ1) is 11.5. The third kappa shape index (κ3) is 1.96. The monoisotopic (exact) mass is 328 g/mol. The van der Waals surface area contributed by atoms with Crippen molar-refractivity contribution in [3.8, 4) is 0 Å². The molecule has 0 radical (unpaired) electrons. The summed E-state index contributed by atoms with van der Waals surface area (Å²) >= 11 is 0. The van der Waals surface area contributed by atoms with E-state index in [4.69, 9.17) is 0 Å². The Kier molecular flexibility index (Phi) is 3.53. The maximum atomic E-state index is 13.3. The van der Waals surface area contributed by atoms with Crippen LogP contribution in [0.3, 0.4) is 0 Å².